The molecule has 0 aliphatic carbocycles. The summed E-state index contributed by atoms with van der Waals surface area (Å²) in [4.78, 5) is 16.2. The summed E-state index contributed by atoms with van der Waals surface area (Å²) in [6.45, 7) is 5.24. The van der Waals surface area contributed by atoms with Crippen LogP contribution < -0.4 is 10.6 Å². The second-order valence-corrected chi connectivity index (χ2v) is 5.60. The van der Waals surface area contributed by atoms with Crippen molar-refractivity contribution in [1.29, 1.82) is 0 Å². The van der Waals surface area contributed by atoms with Gasteiger partial charge in [0, 0.05) is 32.1 Å². The highest BCUT2D eigenvalue weighted by Gasteiger charge is 2.25. The first kappa shape index (κ1) is 15.8. The molecule has 0 aromatic heterocycles. The van der Waals surface area contributed by atoms with E-state index in [1.165, 1.54) is 6.07 Å². The maximum atomic E-state index is 13.8. The van der Waals surface area contributed by atoms with Crippen molar-refractivity contribution in [3.05, 3.63) is 30.1 Å². The summed E-state index contributed by atoms with van der Waals surface area (Å²) in [6.07, 6.45) is 1.71. The number of anilines is 1. The Morgan fingerprint density at radius 3 is 2.57 bits per heavy atom. The van der Waals surface area contributed by atoms with Crippen molar-refractivity contribution in [2.24, 2.45) is 11.7 Å². The molecule has 0 spiro atoms. The van der Waals surface area contributed by atoms with Crippen LogP contribution in [-0.2, 0) is 4.79 Å². The number of halogens is 1. The number of para-hydroxylation sites is 1. The molecular weight excluding hydrogens is 269 g/mol. The number of carbonyl (C=O) groups is 1. The Morgan fingerprint density at radius 2 is 1.95 bits per heavy atom. The number of nitrogens with zero attached hydrogens (tertiary/aromatic N) is 2. The molecule has 1 heterocycles. The lowest BCUT2D eigenvalue weighted by Crippen LogP contribution is -2.50. The van der Waals surface area contributed by atoms with Gasteiger partial charge in [0.05, 0.1) is 5.69 Å². The molecule has 1 atom stereocenters. The van der Waals surface area contributed by atoms with Gasteiger partial charge in [-0.2, -0.15) is 0 Å². The fourth-order valence-corrected chi connectivity index (χ4v) is 2.74. The van der Waals surface area contributed by atoms with Gasteiger partial charge in [-0.1, -0.05) is 19.1 Å². The smallest absolute Gasteiger partial charge is 0.225 e. The molecule has 21 heavy (non-hydrogen) atoms. The monoisotopic (exact) mass is 293 g/mol. The summed E-state index contributed by atoms with van der Waals surface area (Å²) in [5.41, 5.74) is 6.11. The van der Waals surface area contributed by atoms with E-state index in [4.69, 9.17) is 5.73 Å². The zero-order valence-electron chi connectivity index (χ0n) is 12.6. The summed E-state index contributed by atoms with van der Waals surface area (Å²) in [5, 5.41) is 0. The topological polar surface area (TPSA) is 49.6 Å². The van der Waals surface area contributed by atoms with Gasteiger partial charge in [-0.25, -0.2) is 4.39 Å². The zero-order valence-corrected chi connectivity index (χ0v) is 12.6. The Labute approximate surface area is 125 Å². The summed E-state index contributed by atoms with van der Waals surface area (Å²) in [7, 11) is 0. The molecule has 2 N–H and O–H groups in total. The van der Waals surface area contributed by atoms with Crippen LogP contribution >= 0.6 is 0 Å². The summed E-state index contributed by atoms with van der Waals surface area (Å²) < 4.78 is 13.8. The minimum atomic E-state index is -0.200. The van der Waals surface area contributed by atoms with E-state index >= 15 is 0 Å². The number of hydrogen-bond acceptors (Lipinski definition) is 3. The van der Waals surface area contributed by atoms with E-state index in [0.29, 0.717) is 38.4 Å². The highest BCUT2D eigenvalue weighted by molar-refractivity contribution is 5.78. The van der Waals surface area contributed by atoms with Crippen molar-refractivity contribution in [2.75, 3.05) is 37.6 Å². The molecule has 4 nitrogen and oxygen atoms in total. The summed E-state index contributed by atoms with van der Waals surface area (Å²) >= 11 is 0. The van der Waals surface area contributed by atoms with Gasteiger partial charge in [0.25, 0.3) is 0 Å². The predicted molar refractivity (Wildman–Crippen MR) is 82.6 cm³/mol. The number of nitrogens with two attached hydrogens (primary N) is 1. The molecule has 2 rings (SSSR count). The fourth-order valence-electron chi connectivity index (χ4n) is 2.74. The third kappa shape index (κ3) is 3.94. The number of carbonyl (C=O) groups excluding carboxylic acids is 1. The predicted octanol–water partition coefficient (Wildman–Crippen LogP) is 1.85. The largest absolute Gasteiger partial charge is 0.366 e. The van der Waals surface area contributed by atoms with Crippen molar-refractivity contribution < 1.29 is 9.18 Å². The van der Waals surface area contributed by atoms with Gasteiger partial charge >= 0.3 is 0 Å². The van der Waals surface area contributed by atoms with Crippen LogP contribution in [-0.4, -0.2) is 43.5 Å². The average molecular weight is 293 g/mol. The Bertz CT molecular complexity index is 472. The summed E-state index contributed by atoms with van der Waals surface area (Å²) in [5.74, 6) is 0.0128. The SMILES string of the molecule is CC(CCCN)C(=O)N1CCN(c2ccccc2F)CC1. The Morgan fingerprint density at radius 1 is 1.29 bits per heavy atom. The molecule has 1 aliphatic rings. The molecule has 0 bridgehead atoms. The van der Waals surface area contributed by atoms with Gasteiger partial charge in [0.15, 0.2) is 0 Å². The first-order valence-electron chi connectivity index (χ1n) is 7.62. The van der Waals surface area contributed by atoms with Crippen LogP contribution in [0.2, 0.25) is 0 Å². The Balaban J connectivity index is 1.88. The molecular formula is C16H24FN3O. The van der Waals surface area contributed by atoms with E-state index in [-0.39, 0.29) is 17.6 Å². The van der Waals surface area contributed by atoms with Crippen molar-refractivity contribution >= 4 is 11.6 Å². The maximum absolute atomic E-state index is 13.8. The molecule has 0 radical (unpaired) electrons. The van der Waals surface area contributed by atoms with Gasteiger partial charge in [0.2, 0.25) is 5.91 Å². The van der Waals surface area contributed by atoms with E-state index in [1.54, 1.807) is 12.1 Å². The Hall–Kier alpha value is -1.62. The quantitative estimate of drug-likeness (QED) is 0.901. The second kappa shape index (κ2) is 7.41. The van der Waals surface area contributed by atoms with Crippen LogP contribution in [0.3, 0.4) is 0 Å². The van der Waals surface area contributed by atoms with Gasteiger partial charge < -0.3 is 15.5 Å². The third-order valence-corrected chi connectivity index (χ3v) is 4.05. The molecule has 116 valence electrons. The van der Waals surface area contributed by atoms with Crippen molar-refractivity contribution in [3.63, 3.8) is 0 Å². The molecule has 5 heteroatoms. The lowest BCUT2D eigenvalue weighted by molar-refractivity contribution is -0.135. The number of hydrogen-bond donors (Lipinski definition) is 1. The molecule has 1 unspecified atom stereocenters. The molecule has 1 saturated heterocycles. The molecule has 1 aliphatic heterocycles. The number of rotatable bonds is 5. The van der Waals surface area contributed by atoms with Crippen LogP contribution in [0.1, 0.15) is 19.8 Å². The first-order chi connectivity index (χ1) is 10.1. The van der Waals surface area contributed by atoms with Crippen LogP contribution in [0, 0.1) is 11.7 Å². The van der Waals surface area contributed by atoms with Crippen LogP contribution in [0.4, 0.5) is 10.1 Å². The number of piperazine rings is 1. The minimum absolute atomic E-state index is 0.0218. The fraction of sp³-hybridized carbons (Fsp3) is 0.562. The Kier molecular flexibility index (Phi) is 5.56. The van der Waals surface area contributed by atoms with Crippen LogP contribution in [0.15, 0.2) is 24.3 Å². The molecule has 1 amide bonds. The van der Waals surface area contributed by atoms with Gasteiger partial charge in [-0.3, -0.25) is 4.79 Å². The number of amides is 1. The van der Waals surface area contributed by atoms with E-state index in [0.717, 1.165) is 12.8 Å². The van der Waals surface area contributed by atoms with Crippen molar-refractivity contribution in [3.8, 4) is 0 Å². The second-order valence-electron chi connectivity index (χ2n) is 5.60. The molecule has 0 saturated carbocycles. The minimum Gasteiger partial charge on any atom is -0.366 e. The van der Waals surface area contributed by atoms with Crippen LogP contribution in [0.25, 0.3) is 0 Å². The van der Waals surface area contributed by atoms with Crippen molar-refractivity contribution in [1.82, 2.24) is 4.90 Å². The number of benzene rings is 1. The summed E-state index contributed by atoms with van der Waals surface area (Å²) in [6, 6.07) is 6.79. The highest BCUT2D eigenvalue weighted by Crippen LogP contribution is 2.21. The van der Waals surface area contributed by atoms with Gasteiger partial charge in [-0.15, -0.1) is 0 Å². The normalized spacial score (nSPS) is 16.9. The van der Waals surface area contributed by atoms with Crippen molar-refractivity contribution in [2.45, 2.75) is 19.8 Å². The van der Waals surface area contributed by atoms with E-state index in [9.17, 15) is 9.18 Å². The lowest BCUT2D eigenvalue weighted by atomic mass is 10.0. The van der Waals surface area contributed by atoms with Gasteiger partial charge in [-0.05, 0) is 31.5 Å². The van der Waals surface area contributed by atoms with Crippen LogP contribution in [0.5, 0.6) is 0 Å². The van der Waals surface area contributed by atoms with Gasteiger partial charge in [0.1, 0.15) is 5.82 Å². The van der Waals surface area contributed by atoms with E-state index in [1.807, 2.05) is 22.8 Å². The van der Waals surface area contributed by atoms with E-state index in [2.05, 4.69) is 0 Å². The maximum Gasteiger partial charge on any atom is 0.225 e. The molecule has 1 aromatic rings. The molecule has 1 aromatic carbocycles. The third-order valence-electron chi connectivity index (χ3n) is 4.05. The van der Waals surface area contributed by atoms with E-state index < -0.39 is 0 Å². The lowest BCUT2D eigenvalue weighted by Gasteiger charge is -2.37. The highest BCUT2D eigenvalue weighted by atomic mass is 19.1. The standard InChI is InChI=1S/C16H24FN3O/c1-13(5-4-8-18)16(21)20-11-9-19(10-12-20)15-7-3-2-6-14(15)17/h2-3,6-7,13H,4-5,8-12,18H2,1H3. The first-order valence-corrected chi connectivity index (χ1v) is 7.62. The molecule has 1 fully saturated rings. The zero-order chi connectivity index (χ0) is 15.2. The average Bonchev–Trinajstić information content (AvgIpc) is 2.52.